The average Bonchev–Trinajstić information content (AvgIpc) is 3.12. The fourth-order valence-electron chi connectivity index (χ4n) is 3.09. The third-order valence-corrected chi connectivity index (χ3v) is 4.40. The van der Waals surface area contributed by atoms with Crippen molar-refractivity contribution in [1.29, 1.82) is 5.26 Å². The lowest BCUT2D eigenvalue weighted by Crippen LogP contribution is -2.42. The van der Waals surface area contributed by atoms with E-state index in [2.05, 4.69) is 15.5 Å². The van der Waals surface area contributed by atoms with E-state index in [1.807, 2.05) is 11.5 Å². The van der Waals surface area contributed by atoms with E-state index in [0.717, 1.165) is 25.2 Å². The van der Waals surface area contributed by atoms with Crippen LogP contribution in [-0.2, 0) is 6.54 Å². The van der Waals surface area contributed by atoms with Gasteiger partial charge in [-0.3, -0.25) is 0 Å². The number of amides is 2. The predicted molar refractivity (Wildman–Crippen MR) is 89.4 cm³/mol. The Balaban J connectivity index is 1.69. The summed E-state index contributed by atoms with van der Waals surface area (Å²) >= 11 is 0. The number of nitriles is 1. The van der Waals surface area contributed by atoms with E-state index >= 15 is 0 Å². The van der Waals surface area contributed by atoms with Crippen molar-refractivity contribution < 1.29 is 9.18 Å². The number of halogens is 1. The van der Waals surface area contributed by atoms with Gasteiger partial charge in [-0.2, -0.15) is 5.26 Å². The highest BCUT2D eigenvalue weighted by Gasteiger charge is 2.27. The molecule has 2 aromatic rings. The van der Waals surface area contributed by atoms with Crippen molar-refractivity contribution in [3.05, 3.63) is 41.7 Å². The number of urea groups is 1. The highest BCUT2D eigenvalue weighted by atomic mass is 19.1. The Kier molecular flexibility index (Phi) is 4.93. The summed E-state index contributed by atoms with van der Waals surface area (Å²) < 4.78 is 15.4. The van der Waals surface area contributed by atoms with E-state index in [0.29, 0.717) is 18.8 Å². The van der Waals surface area contributed by atoms with E-state index in [-0.39, 0.29) is 17.5 Å². The van der Waals surface area contributed by atoms with Crippen LogP contribution in [0, 0.1) is 17.1 Å². The Morgan fingerprint density at radius 1 is 1.52 bits per heavy atom. The van der Waals surface area contributed by atoms with Crippen LogP contribution in [0.2, 0.25) is 0 Å². The maximum absolute atomic E-state index is 13.4. The second-order valence-corrected chi connectivity index (χ2v) is 6.00. The summed E-state index contributed by atoms with van der Waals surface area (Å²) in [5, 5.41) is 19.8. The molecule has 1 aliphatic heterocycles. The van der Waals surface area contributed by atoms with Gasteiger partial charge >= 0.3 is 6.03 Å². The number of aromatic nitrogens is 3. The second-order valence-electron chi connectivity index (χ2n) is 6.00. The first kappa shape index (κ1) is 16.9. The fraction of sp³-hybridized carbons (Fsp3) is 0.412. The number of benzene rings is 1. The van der Waals surface area contributed by atoms with Gasteiger partial charge in [-0.05, 0) is 38.0 Å². The molecule has 1 aliphatic rings. The molecule has 0 aliphatic carbocycles. The second kappa shape index (κ2) is 7.30. The Morgan fingerprint density at radius 2 is 2.36 bits per heavy atom. The molecule has 1 unspecified atom stereocenters. The standard InChI is InChI=1S/C17H19FN6O/c1-2-23-11-20-22-16(23)12-4-3-7-24(10-12)17(25)21-14-5-6-15(18)13(8-14)9-19/h5-6,8,11-12H,2-4,7,10H2,1H3,(H,21,25). The minimum Gasteiger partial charge on any atom is -0.324 e. The smallest absolute Gasteiger partial charge is 0.321 e. The molecule has 0 radical (unpaired) electrons. The molecule has 1 atom stereocenters. The monoisotopic (exact) mass is 342 g/mol. The minimum atomic E-state index is -0.600. The van der Waals surface area contributed by atoms with Crippen LogP contribution in [0.4, 0.5) is 14.9 Å². The number of nitrogens with one attached hydrogen (secondary N) is 1. The van der Waals surface area contributed by atoms with Crippen molar-refractivity contribution in [2.45, 2.75) is 32.2 Å². The van der Waals surface area contributed by atoms with E-state index in [1.54, 1.807) is 17.3 Å². The first-order chi connectivity index (χ1) is 12.1. The quantitative estimate of drug-likeness (QED) is 0.929. The summed E-state index contributed by atoms with van der Waals surface area (Å²) in [5.74, 6) is 0.441. The van der Waals surface area contributed by atoms with Gasteiger partial charge in [0.15, 0.2) is 0 Å². The summed E-state index contributed by atoms with van der Waals surface area (Å²) in [7, 11) is 0. The summed E-state index contributed by atoms with van der Waals surface area (Å²) in [6.07, 6.45) is 3.54. The highest BCUT2D eigenvalue weighted by Crippen LogP contribution is 2.26. The molecular weight excluding hydrogens is 323 g/mol. The number of carbonyl (C=O) groups is 1. The van der Waals surface area contributed by atoms with Crippen LogP contribution in [-0.4, -0.2) is 38.8 Å². The van der Waals surface area contributed by atoms with E-state index in [1.165, 1.54) is 18.2 Å². The Labute approximate surface area is 145 Å². The molecule has 3 rings (SSSR count). The third kappa shape index (κ3) is 3.60. The molecule has 1 aromatic carbocycles. The maximum atomic E-state index is 13.4. The summed E-state index contributed by atoms with van der Waals surface area (Å²) in [6, 6.07) is 5.47. The van der Waals surface area contributed by atoms with Crippen LogP contribution in [0.25, 0.3) is 0 Å². The normalized spacial score (nSPS) is 17.2. The number of rotatable bonds is 3. The molecule has 2 heterocycles. The molecule has 1 aromatic heterocycles. The first-order valence-electron chi connectivity index (χ1n) is 8.25. The number of anilines is 1. The van der Waals surface area contributed by atoms with E-state index in [9.17, 15) is 9.18 Å². The van der Waals surface area contributed by atoms with Gasteiger partial charge in [0.05, 0.1) is 5.56 Å². The SMILES string of the molecule is CCn1cnnc1C1CCCN(C(=O)Nc2ccc(F)c(C#N)c2)C1. The lowest BCUT2D eigenvalue weighted by molar-refractivity contribution is 0.190. The molecule has 1 saturated heterocycles. The van der Waals surface area contributed by atoms with Gasteiger partial charge in [0.25, 0.3) is 0 Å². The molecule has 1 N–H and O–H groups in total. The van der Waals surface area contributed by atoms with Gasteiger partial charge < -0.3 is 14.8 Å². The van der Waals surface area contributed by atoms with Gasteiger partial charge in [-0.25, -0.2) is 9.18 Å². The van der Waals surface area contributed by atoms with Gasteiger partial charge in [-0.15, -0.1) is 10.2 Å². The van der Waals surface area contributed by atoms with Gasteiger partial charge in [-0.1, -0.05) is 0 Å². The van der Waals surface area contributed by atoms with Crippen LogP contribution < -0.4 is 5.32 Å². The predicted octanol–water partition coefficient (Wildman–Crippen LogP) is 2.72. The molecule has 2 amide bonds. The van der Waals surface area contributed by atoms with Crippen LogP contribution in [0.5, 0.6) is 0 Å². The van der Waals surface area contributed by atoms with E-state index < -0.39 is 5.82 Å². The number of likely N-dealkylation sites (tertiary alicyclic amines) is 1. The number of nitrogens with zero attached hydrogens (tertiary/aromatic N) is 5. The average molecular weight is 342 g/mol. The number of carbonyl (C=O) groups excluding carboxylic acids is 1. The Bertz CT molecular complexity index is 812. The summed E-state index contributed by atoms with van der Waals surface area (Å²) in [4.78, 5) is 14.2. The summed E-state index contributed by atoms with van der Waals surface area (Å²) in [5.41, 5.74) is 0.312. The number of piperidine rings is 1. The minimum absolute atomic E-state index is 0.0923. The van der Waals surface area contributed by atoms with Gasteiger partial charge in [0.1, 0.15) is 24.0 Å². The molecule has 25 heavy (non-hydrogen) atoms. The lowest BCUT2D eigenvalue weighted by Gasteiger charge is -2.32. The number of aryl methyl sites for hydroxylation is 1. The van der Waals surface area contributed by atoms with Crippen molar-refractivity contribution >= 4 is 11.7 Å². The van der Waals surface area contributed by atoms with Crippen LogP contribution in [0.15, 0.2) is 24.5 Å². The molecule has 0 saturated carbocycles. The Morgan fingerprint density at radius 3 is 3.12 bits per heavy atom. The van der Waals surface area contributed by atoms with Crippen LogP contribution >= 0.6 is 0 Å². The molecular formula is C17H19FN6O. The Hall–Kier alpha value is -2.95. The first-order valence-corrected chi connectivity index (χ1v) is 8.25. The fourth-order valence-corrected chi connectivity index (χ4v) is 3.09. The van der Waals surface area contributed by atoms with Gasteiger partial charge in [0, 0.05) is 31.2 Å². The van der Waals surface area contributed by atoms with Crippen molar-refractivity contribution in [3.8, 4) is 6.07 Å². The van der Waals surface area contributed by atoms with Crippen molar-refractivity contribution in [2.75, 3.05) is 18.4 Å². The van der Waals surface area contributed by atoms with Crippen molar-refractivity contribution in [3.63, 3.8) is 0 Å². The maximum Gasteiger partial charge on any atom is 0.321 e. The molecule has 7 nitrogen and oxygen atoms in total. The molecule has 0 spiro atoms. The zero-order valence-corrected chi connectivity index (χ0v) is 13.9. The topological polar surface area (TPSA) is 86.8 Å². The van der Waals surface area contributed by atoms with Crippen molar-refractivity contribution in [1.82, 2.24) is 19.7 Å². The molecule has 130 valence electrons. The zero-order valence-electron chi connectivity index (χ0n) is 13.9. The van der Waals surface area contributed by atoms with Crippen LogP contribution in [0.3, 0.4) is 0 Å². The lowest BCUT2D eigenvalue weighted by atomic mass is 9.97. The summed E-state index contributed by atoms with van der Waals surface area (Å²) in [6.45, 7) is 4.02. The van der Waals surface area contributed by atoms with Crippen molar-refractivity contribution in [2.24, 2.45) is 0 Å². The number of hydrogen-bond acceptors (Lipinski definition) is 4. The zero-order chi connectivity index (χ0) is 17.8. The van der Waals surface area contributed by atoms with E-state index in [4.69, 9.17) is 5.26 Å². The highest BCUT2D eigenvalue weighted by molar-refractivity contribution is 5.89. The molecule has 8 heteroatoms. The number of hydrogen-bond donors (Lipinski definition) is 1. The van der Waals surface area contributed by atoms with Gasteiger partial charge in [0.2, 0.25) is 0 Å². The van der Waals surface area contributed by atoms with Crippen LogP contribution in [0.1, 0.15) is 37.1 Å². The third-order valence-electron chi connectivity index (χ3n) is 4.40. The largest absolute Gasteiger partial charge is 0.324 e. The molecule has 0 bridgehead atoms. The molecule has 1 fully saturated rings.